The molecule has 0 aliphatic rings. The van der Waals surface area contributed by atoms with E-state index in [4.69, 9.17) is 19.9 Å². The van der Waals surface area contributed by atoms with Crippen molar-refractivity contribution in [2.45, 2.75) is 0 Å². The fraction of sp³-hybridized carbons (Fsp3) is 0. The molecule has 0 radical (unpaired) electrons. The predicted molar refractivity (Wildman–Crippen MR) is 246 cm³/mol. The molecular weight excluding hydrogens is 733 g/mol. The minimum absolute atomic E-state index is 0.561. The van der Waals surface area contributed by atoms with Crippen molar-refractivity contribution in [2.24, 2.45) is 0 Å². The summed E-state index contributed by atoms with van der Waals surface area (Å²) in [5, 5.41) is 6.86. The molecule has 0 saturated heterocycles. The summed E-state index contributed by atoms with van der Waals surface area (Å²) in [7, 11) is 0. The molecule has 0 bridgehead atoms. The zero-order chi connectivity index (χ0) is 39.6. The van der Waals surface area contributed by atoms with E-state index < -0.39 is 0 Å². The van der Waals surface area contributed by atoms with E-state index in [0.29, 0.717) is 17.6 Å². The summed E-state index contributed by atoms with van der Waals surface area (Å²) >= 11 is 0. The number of aromatic nitrogens is 6. The lowest BCUT2D eigenvalue weighted by molar-refractivity contribution is 0.953. The number of nitrogens with zero attached hydrogens (tertiary/aromatic N) is 6. The van der Waals surface area contributed by atoms with Crippen LogP contribution >= 0.6 is 0 Å². The summed E-state index contributed by atoms with van der Waals surface area (Å²) in [6.07, 6.45) is 1.96. The van der Waals surface area contributed by atoms with Gasteiger partial charge in [0.25, 0.3) is 0 Å². The van der Waals surface area contributed by atoms with Crippen molar-refractivity contribution >= 4 is 54.4 Å². The van der Waals surface area contributed by atoms with E-state index in [1.165, 1.54) is 5.39 Å². The quantitative estimate of drug-likeness (QED) is 0.169. The van der Waals surface area contributed by atoms with Crippen molar-refractivity contribution in [3.63, 3.8) is 0 Å². The third kappa shape index (κ3) is 5.50. The largest absolute Gasteiger partial charge is 0.307 e. The van der Waals surface area contributed by atoms with Crippen LogP contribution in [-0.2, 0) is 0 Å². The zero-order valence-electron chi connectivity index (χ0n) is 32.3. The molecule has 4 heterocycles. The Balaban J connectivity index is 1.14. The molecule has 8 aromatic carbocycles. The summed E-state index contributed by atoms with van der Waals surface area (Å²) in [5.41, 5.74) is 11.5. The van der Waals surface area contributed by atoms with Gasteiger partial charge < -0.3 is 4.57 Å². The molecule has 12 rings (SSSR count). The number of hydrogen-bond donors (Lipinski definition) is 0. The third-order valence-corrected chi connectivity index (χ3v) is 11.6. The highest BCUT2D eigenvalue weighted by Crippen LogP contribution is 2.43. The van der Waals surface area contributed by atoms with Gasteiger partial charge in [0.1, 0.15) is 0 Å². The van der Waals surface area contributed by atoms with Crippen LogP contribution in [0.25, 0.3) is 111 Å². The van der Waals surface area contributed by atoms with Gasteiger partial charge in [0.05, 0.1) is 27.8 Å². The van der Waals surface area contributed by atoms with Crippen LogP contribution in [0.2, 0.25) is 0 Å². The Kier molecular flexibility index (Phi) is 7.74. The van der Waals surface area contributed by atoms with E-state index in [2.05, 4.69) is 173 Å². The van der Waals surface area contributed by atoms with E-state index in [-0.39, 0.29) is 0 Å². The third-order valence-electron chi connectivity index (χ3n) is 11.6. The Morgan fingerprint density at radius 2 is 0.900 bits per heavy atom. The van der Waals surface area contributed by atoms with E-state index in [1.807, 2.05) is 42.6 Å². The summed E-state index contributed by atoms with van der Waals surface area (Å²) in [6, 6.07) is 70.2. The first kappa shape index (κ1) is 33.9. The lowest BCUT2D eigenvalue weighted by Gasteiger charge is -2.13. The van der Waals surface area contributed by atoms with Gasteiger partial charge in [-0.3, -0.25) is 9.55 Å². The van der Waals surface area contributed by atoms with Crippen LogP contribution in [0.15, 0.2) is 206 Å². The Morgan fingerprint density at radius 1 is 0.333 bits per heavy atom. The fourth-order valence-corrected chi connectivity index (χ4v) is 8.78. The van der Waals surface area contributed by atoms with Crippen LogP contribution in [0.5, 0.6) is 0 Å². The lowest BCUT2D eigenvalue weighted by atomic mass is 9.99. The highest BCUT2D eigenvalue weighted by Gasteiger charge is 2.24. The number of benzene rings is 8. The highest BCUT2D eigenvalue weighted by molar-refractivity contribution is 6.24. The maximum Gasteiger partial charge on any atom is 0.238 e. The van der Waals surface area contributed by atoms with Crippen LogP contribution in [-0.4, -0.2) is 29.1 Å². The Morgan fingerprint density at radius 3 is 1.65 bits per heavy atom. The van der Waals surface area contributed by atoms with E-state index in [9.17, 15) is 0 Å². The number of hydrogen-bond acceptors (Lipinski definition) is 4. The number of fused-ring (bicyclic) bond motifs is 8. The van der Waals surface area contributed by atoms with Crippen molar-refractivity contribution in [1.82, 2.24) is 29.1 Å². The van der Waals surface area contributed by atoms with Gasteiger partial charge in [0.15, 0.2) is 11.6 Å². The van der Waals surface area contributed by atoms with Crippen LogP contribution in [0.4, 0.5) is 0 Å². The standard InChI is InChI=1S/C54H34N6/c1-4-15-35(16-5-1)52-56-53(36-17-6-2-7-18-36)58-54(57-52)60-48-26-13-12-25-43(48)44-28-29-45-46-32-39(27-30-49(46)59(50(45)51(44)60)42-23-8-3-9-24-42)37-21-14-22-40(31-37)47-33-38-19-10-11-20-41(38)34-55-47/h1-34H. The number of pyridine rings is 1. The molecule has 280 valence electrons. The molecule has 6 nitrogen and oxygen atoms in total. The molecule has 0 N–H and O–H groups in total. The summed E-state index contributed by atoms with van der Waals surface area (Å²) in [5.74, 6) is 1.80. The van der Waals surface area contributed by atoms with Crippen molar-refractivity contribution < 1.29 is 0 Å². The minimum Gasteiger partial charge on any atom is -0.307 e. The molecule has 0 aliphatic heterocycles. The van der Waals surface area contributed by atoms with E-state index >= 15 is 0 Å². The number of rotatable bonds is 6. The van der Waals surface area contributed by atoms with Crippen LogP contribution in [0, 0.1) is 0 Å². The SMILES string of the molecule is c1ccc(-c2nc(-c3ccccc3)nc(-n3c4ccccc4c4ccc5c6cc(-c7cccc(-c8cc9ccccc9cn8)c7)ccc6n(-c6ccccc6)c5c43)n2)cc1. The first-order chi connectivity index (χ1) is 29.7. The van der Waals surface area contributed by atoms with E-state index in [0.717, 1.165) is 88.2 Å². The van der Waals surface area contributed by atoms with Crippen molar-refractivity contribution in [3.8, 4) is 56.8 Å². The molecule has 0 aliphatic carbocycles. The molecule has 0 atom stereocenters. The molecule has 0 spiro atoms. The Bertz CT molecular complexity index is 3530. The molecule has 0 amide bonds. The Hall–Kier alpha value is -8.22. The Labute approximate surface area is 345 Å². The van der Waals surface area contributed by atoms with Crippen molar-refractivity contribution in [2.75, 3.05) is 0 Å². The van der Waals surface area contributed by atoms with Gasteiger partial charge in [-0.05, 0) is 59.0 Å². The highest BCUT2D eigenvalue weighted by atomic mass is 15.2. The van der Waals surface area contributed by atoms with Crippen molar-refractivity contribution in [1.29, 1.82) is 0 Å². The maximum absolute atomic E-state index is 5.27. The second-order valence-corrected chi connectivity index (χ2v) is 15.1. The monoisotopic (exact) mass is 766 g/mol. The van der Waals surface area contributed by atoms with E-state index in [1.54, 1.807) is 0 Å². The number of para-hydroxylation sites is 2. The topological polar surface area (TPSA) is 61.4 Å². The first-order valence-electron chi connectivity index (χ1n) is 20.1. The molecule has 0 fully saturated rings. The van der Waals surface area contributed by atoms with Gasteiger partial charge in [-0.15, -0.1) is 0 Å². The van der Waals surface area contributed by atoms with Gasteiger partial charge in [0, 0.05) is 55.5 Å². The van der Waals surface area contributed by atoms with Crippen molar-refractivity contribution in [3.05, 3.63) is 206 Å². The smallest absolute Gasteiger partial charge is 0.238 e. The lowest BCUT2D eigenvalue weighted by Crippen LogP contribution is -2.07. The van der Waals surface area contributed by atoms with Gasteiger partial charge in [-0.25, -0.2) is 4.98 Å². The molecule has 60 heavy (non-hydrogen) atoms. The van der Waals surface area contributed by atoms with Crippen LogP contribution < -0.4 is 0 Å². The maximum atomic E-state index is 5.27. The normalized spacial score (nSPS) is 11.7. The van der Waals surface area contributed by atoms with Crippen LogP contribution in [0.1, 0.15) is 0 Å². The summed E-state index contributed by atoms with van der Waals surface area (Å²) < 4.78 is 4.64. The van der Waals surface area contributed by atoms with Gasteiger partial charge >= 0.3 is 0 Å². The fourth-order valence-electron chi connectivity index (χ4n) is 8.78. The minimum atomic E-state index is 0.561. The summed E-state index contributed by atoms with van der Waals surface area (Å²) in [6.45, 7) is 0. The van der Waals surface area contributed by atoms with Crippen LogP contribution in [0.3, 0.4) is 0 Å². The molecule has 6 heteroatoms. The van der Waals surface area contributed by atoms with Gasteiger partial charge in [-0.1, -0.05) is 158 Å². The average molecular weight is 767 g/mol. The molecule has 12 aromatic rings. The predicted octanol–water partition coefficient (Wildman–Crippen LogP) is 13.3. The molecule has 4 aromatic heterocycles. The second kappa shape index (κ2) is 13.7. The average Bonchev–Trinajstić information content (AvgIpc) is 3.85. The zero-order valence-corrected chi connectivity index (χ0v) is 32.3. The molecular formula is C54H34N6. The summed E-state index contributed by atoms with van der Waals surface area (Å²) in [4.78, 5) is 20.4. The first-order valence-corrected chi connectivity index (χ1v) is 20.1. The van der Waals surface area contributed by atoms with Gasteiger partial charge in [0.2, 0.25) is 5.95 Å². The second-order valence-electron chi connectivity index (χ2n) is 15.1. The molecule has 0 saturated carbocycles. The van der Waals surface area contributed by atoms with Gasteiger partial charge in [-0.2, -0.15) is 9.97 Å². The molecule has 0 unspecified atom stereocenters.